The molecule has 13 heteroatoms. The van der Waals surface area contributed by atoms with Gasteiger partial charge < -0.3 is 34.0 Å². The van der Waals surface area contributed by atoms with Crippen molar-refractivity contribution in [2.75, 3.05) is 33.0 Å². The van der Waals surface area contributed by atoms with Crippen molar-refractivity contribution in [3.63, 3.8) is 0 Å². The molecule has 310 valence electrons. The number of fused-ring (bicyclic) bond motifs is 2. The summed E-state index contributed by atoms with van der Waals surface area (Å²) in [6, 6.07) is 10.4. The van der Waals surface area contributed by atoms with Crippen LogP contribution in [-0.4, -0.2) is 82.2 Å². The predicted molar refractivity (Wildman–Crippen MR) is 218 cm³/mol. The lowest BCUT2D eigenvalue weighted by Crippen LogP contribution is -2.70. The van der Waals surface area contributed by atoms with Crippen molar-refractivity contribution in [3.05, 3.63) is 95.1 Å². The molecule has 6 atom stereocenters. The first kappa shape index (κ1) is 43.4. The number of oxime groups is 1. The van der Waals surface area contributed by atoms with Crippen LogP contribution in [0.5, 0.6) is 17.2 Å². The number of nitro groups is 1. The molecule has 0 radical (unpaired) electrons. The number of hydrogen-bond donors (Lipinski definition) is 2. The van der Waals surface area contributed by atoms with Crippen LogP contribution in [0.1, 0.15) is 90.5 Å². The fraction of sp³-hybridized carbons (Fsp3) is 0.545. The zero-order valence-electron chi connectivity index (χ0n) is 33.8. The number of nitro benzene ring substituents is 1. The number of aliphatic hydroxyl groups excluding tert-OH is 2. The van der Waals surface area contributed by atoms with Crippen molar-refractivity contribution < 1.29 is 43.7 Å². The van der Waals surface area contributed by atoms with Gasteiger partial charge in [0.25, 0.3) is 5.69 Å². The van der Waals surface area contributed by atoms with E-state index in [9.17, 15) is 25.1 Å². The zero-order chi connectivity index (χ0) is 41.2. The Morgan fingerprint density at radius 3 is 2.35 bits per heavy atom. The molecule has 1 heterocycles. The molecule has 13 nitrogen and oxygen atoms in total. The Morgan fingerprint density at radius 1 is 1.04 bits per heavy atom. The number of benzene rings is 2. The number of aliphatic hydroxyl groups is 2. The Kier molecular flexibility index (Phi) is 14.9. The number of amides is 1. The first-order chi connectivity index (χ1) is 27.4. The molecule has 0 unspecified atom stereocenters. The summed E-state index contributed by atoms with van der Waals surface area (Å²) in [7, 11) is 0. The zero-order valence-corrected chi connectivity index (χ0v) is 33.8. The summed E-state index contributed by atoms with van der Waals surface area (Å²) in [5, 5.41) is 35.9. The molecule has 0 bridgehead atoms. The molecule has 1 fully saturated rings. The van der Waals surface area contributed by atoms with Gasteiger partial charge in [-0.15, -0.1) is 6.58 Å². The SMILES string of the molecule is C=CCOc1ccc2c(c1)[C@H]1[C@H](CCCCO)[C@@H](CCCCO)C=C3C(=NOC(C)(C)C)C[C@H](N(CCC)C(=O)Oc4ccc([N+](=O)[O-])cc4)[C@@](OCC=C)(O2)[C@H]31. The van der Waals surface area contributed by atoms with Crippen molar-refractivity contribution in [2.45, 2.75) is 102 Å². The maximum Gasteiger partial charge on any atom is 0.415 e. The Hall–Kier alpha value is -4.72. The molecule has 0 saturated heterocycles. The van der Waals surface area contributed by atoms with E-state index in [2.05, 4.69) is 19.2 Å². The monoisotopic (exact) mass is 789 g/mol. The lowest BCUT2D eigenvalue weighted by molar-refractivity contribution is -0.384. The van der Waals surface area contributed by atoms with Crippen molar-refractivity contribution in [1.82, 2.24) is 4.90 Å². The minimum absolute atomic E-state index is 0.0447. The van der Waals surface area contributed by atoms with E-state index >= 15 is 0 Å². The summed E-state index contributed by atoms with van der Waals surface area (Å²) in [5.41, 5.74) is 1.78. The Morgan fingerprint density at radius 2 is 1.72 bits per heavy atom. The van der Waals surface area contributed by atoms with Gasteiger partial charge in [0, 0.05) is 49.8 Å². The number of carbonyl (C=O) groups excluding carboxylic acids is 1. The van der Waals surface area contributed by atoms with Gasteiger partial charge in [-0.2, -0.15) is 0 Å². The second-order valence-electron chi connectivity index (χ2n) is 15.9. The van der Waals surface area contributed by atoms with E-state index < -0.39 is 34.4 Å². The molecule has 2 N–H and O–H groups in total. The van der Waals surface area contributed by atoms with E-state index in [1.165, 1.54) is 24.3 Å². The fourth-order valence-electron chi connectivity index (χ4n) is 8.50. The molecule has 2 aliphatic carbocycles. The van der Waals surface area contributed by atoms with E-state index in [-0.39, 0.29) is 62.0 Å². The Balaban J connectivity index is 1.76. The fourth-order valence-corrected chi connectivity index (χ4v) is 8.50. The lowest BCUT2D eigenvalue weighted by atomic mass is 9.55. The van der Waals surface area contributed by atoms with Gasteiger partial charge in [0.2, 0.25) is 5.79 Å². The third kappa shape index (κ3) is 10.1. The first-order valence-corrected chi connectivity index (χ1v) is 20.1. The van der Waals surface area contributed by atoms with Crippen LogP contribution in [-0.2, 0) is 9.57 Å². The van der Waals surface area contributed by atoms with E-state index in [0.29, 0.717) is 43.1 Å². The highest BCUT2D eigenvalue weighted by Crippen LogP contribution is 2.62. The number of carbonyl (C=O) groups is 1. The van der Waals surface area contributed by atoms with Crippen molar-refractivity contribution in [3.8, 4) is 17.2 Å². The highest BCUT2D eigenvalue weighted by atomic mass is 16.7. The first-order valence-electron chi connectivity index (χ1n) is 20.1. The molecule has 0 spiro atoms. The van der Waals surface area contributed by atoms with Crippen LogP contribution in [0, 0.1) is 27.9 Å². The van der Waals surface area contributed by atoms with Crippen molar-refractivity contribution in [2.24, 2.45) is 22.9 Å². The Bertz CT molecular complexity index is 1770. The number of unbranched alkanes of at least 4 members (excludes halogenated alkanes) is 2. The van der Waals surface area contributed by atoms with Gasteiger partial charge in [0.15, 0.2) is 0 Å². The molecule has 5 rings (SSSR count). The minimum atomic E-state index is -1.46. The van der Waals surface area contributed by atoms with Gasteiger partial charge in [-0.25, -0.2) is 4.79 Å². The third-order valence-electron chi connectivity index (χ3n) is 10.8. The van der Waals surface area contributed by atoms with Crippen LogP contribution in [0.4, 0.5) is 10.5 Å². The lowest BCUT2D eigenvalue weighted by Gasteiger charge is -2.60. The number of nitrogens with zero attached hydrogens (tertiary/aromatic N) is 3. The molecule has 2 aromatic rings. The van der Waals surface area contributed by atoms with Gasteiger partial charge >= 0.3 is 6.09 Å². The molecular weight excluding hydrogens is 730 g/mol. The molecule has 1 aliphatic heterocycles. The second-order valence-corrected chi connectivity index (χ2v) is 15.9. The molecule has 3 aliphatic rings. The van der Waals surface area contributed by atoms with E-state index in [1.807, 2.05) is 45.9 Å². The number of rotatable bonds is 20. The predicted octanol–water partition coefficient (Wildman–Crippen LogP) is 8.50. The highest BCUT2D eigenvalue weighted by Gasteiger charge is 2.65. The molecule has 0 aromatic heterocycles. The number of non-ortho nitro benzene ring substituents is 1. The minimum Gasteiger partial charge on any atom is -0.490 e. The third-order valence-corrected chi connectivity index (χ3v) is 10.8. The maximum absolute atomic E-state index is 14.5. The molecule has 1 amide bonds. The Labute approximate surface area is 336 Å². The average Bonchev–Trinajstić information content (AvgIpc) is 3.18. The summed E-state index contributed by atoms with van der Waals surface area (Å²) in [4.78, 5) is 33.1. The molecular formula is C44H59N3O10. The average molecular weight is 790 g/mol. The van der Waals surface area contributed by atoms with Crippen LogP contribution >= 0.6 is 0 Å². The van der Waals surface area contributed by atoms with Gasteiger partial charge in [0.1, 0.15) is 35.5 Å². The summed E-state index contributed by atoms with van der Waals surface area (Å²) in [6.45, 7) is 16.4. The summed E-state index contributed by atoms with van der Waals surface area (Å²) < 4.78 is 26.2. The van der Waals surface area contributed by atoms with E-state index in [0.717, 1.165) is 36.8 Å². The van der Waals surface area contributed by atoms with Crippen LogP contribution < -0.4 is 14.2 Å². The van der Waals surface area contributed by atoms with Crippen LogP contribution in [0.25, 0.3) is 0 Å². The van der Waals surface area contributed by atoms with E-state index in [1.54, 1.807) is 17.1 Å². The normalized spacial score (nSPS) is 24.3. The molecule has 1 saturated carbocycles. The highest BCUT2D eigenvalue weighted by molar-refractivity contribution is 6.03. The summed E-state index contributed by atoms with van der Waals surface area (Å²) >= 11 is 0. The maximum atomic E-state index is 14.5. The van der Waals surface area contributed by atoms with Crippen LogP contribution in [0.2, 0.25) is 0 Å². The number of hydrogen-bond acceptors (Lipinski definition) is 11. The summed E-state index contributed by atoms with van der Waals surface area (Å²) in [5.74, 6) is -0.648. The number of ether oxygens (including phenoxy) is 4. The van der Waals surface area contributed by atoms with Gasteiger partial charge in [-0.1, -0.05) is 49.7 Å². The summed E-state index contributed by atoms with van der Waals surface area (Å²) in [6.07, 6.45) is 10.3. The molecule has 2 aromatic carbocycles. The van der Waals surface area contributed by atoms with Gasteiger partial charge in [0.05, 0.1) is 23.2 Å². The largest absolute Gasteiger partial charge is 0.490 e. The topological polar surface area (TPSA) is 162 Å². The smallest absolute Gasteiger partial charge is 0.415 e. The quantitative estimate of drug-likeness (QED) is 0.0576. The second kappa shape index (κ2) is 19.6. The van der Waals surface area contributed by atoms with Crippen LogP contribution in [0.3, 0.4) is 0 Å². The van der Waals surface area contributed by atoms with Crippen molar-refractivity contribution in [1.29, 1.82) is 0 Å². The van der Waals surface area contributed by atoms with Gasteiger partial charge in [-0.3, -0.25) is 15.0 Å². The number of allylic oxidation sites excluding steroid dienone is 1. The van der Waals surface area contributed by atoms with Crippen molar-refractivity contribution >= 4 is 17.5 Å². The van der Waals surface area contributed by atoms with Gasteiger partial charge in [-0.05, 0) is 101 Å². The molecule has 57 heavy (non-hydrogen) atoms. The standard InChI is InChI=1S/C44H59N3O10/c1-7-22-46(42(50)55-32-18-16-31(17-19-32)47(51)52)39-29-37(45-57-43(4,5)6)35-27-30(14-10-12-23-48)34(15-11-13-24-49)40-36-28-33(53-25-8-2)20-21-38(36)56-44(39,41(35)40)54-26-9-3/h8-9,16-21,27-28,30,34,39-41,48-49H,2-3,7,10-15,22-26,29H2,1,4-6H3/t30-,34+,39-,40+,41+,44+/m0/s1. The van der Waals surface area contributed by atoms with E-state index in [4.69, 9.17) is 28.9 Å². The van der Waals surface area contributed by atoms with Crippen LogP contribution in [0.15, 0.2) is 84.6 Å².